The number of nitrogens with two attached hydrogens (primary N) is 1. The van der Waals surface area contributed by atoms with Gasteiger partial charge in [0.25, 0.3) is 5.91 Å². The van der Waals surface area contributed by atoms with Crippen LogP contribution in [0, 0.1) is 12.8 Å². The van der Waals surface area contributed by atoms with Gasteiger partial charge in [0.2, 0.25) is 10.0 Å². The van der Waals surface area contributed by atoms with Gasteiger partial charge in [0.05, 0.1) is 4.90 Å². The molecule has 2 rings (SSSR count). The fraction of sp³-hybridized carbons (Fsp3) is 0.533. The van der Waals surface area contributed by atoms with Gasteiger partial charge >= 0.3 is 0 Å². The molecule has 1 aromatic carbocycles. The molecule has 1 heterocycles. The van der Waals surface area contributed by atoms with Crippen molar-refractivity contribution in [1.29, 1.82) is 0 Å². The number of hydrogen-bond acceptors (Lipinski definition) is 4. The van der Waals surface area contributed by atoms with Crippen LogP contribution in [-0.2, 0) is 10.0 Å². The van der Waals surface area contributed by atoms with Gasteiger partial charge in [-0.25, -0.2) is 13.6 Å². The summed E-state index contributed by atoms with van der Waals surface area (Å²) < 4.78 is 23.2. The lowest BCUT2D eigenvalue weighted by Gasteiger charge is -2.33. The maximum Gasteiger partial charge on any atom is 0.253 e. The normalized spacial score (nSPS) is 18.4. The van der Waals surface area contributed by atoms with Crippen molar-refractivity contribution in [2.45, 2.75) is 24.7 Å². The van der Waals surface area contributed by atoms with Crippen molar-refractivity contribution in [2.24, 2.45) is 11.1 Å². The number of primary sulfonamides is 1. The molecule has 1 atom stereocenters. The molecular weight excluding hydrogens is 338 g/mol. The summed E-state index contributed by atoms with van der Waals surface area (Å²) in [6.07, 6.45) is 2.06. The lowest BCUT2D eigenvalue weighted by Crippen LogP contribution is -2.42. The van der Waals surface area contributed by atoms with Crippen molar-refractivity contribution in [1.82, 2.24) is 10.2 Å². The van der Waals surface area contributed by atoms with Crippen LogP contribution in [0.25, 0.3) is 0 Å². The number of rotatable bonds is 4. The highest BCUT2D eigenvalue weighted by Crippen LogP contribution is 2.21. The Balaban J connectivity index is 0.00000264. The number of nitrogens with zero attached hydrogens (tertiary/aromatic N) is 1. The lowest BCUT2D eigenvalue weighted by molar-refractivity contribution is 0.0674. The van der Waals surface area contributed by atoms with Crippen LogP contribution in [0.4, 0.5) is 0 Å². The minimum absolute atomic E-state index is 0. The molecule has 6 nitrogen and oxygen atoms in total. The van der Waals surface area contributed by atoms with E-state index in [1.54, 1.807) is 24.0 Å². The molecule has 1 aliphatic heterocycles. The SMILES string of the molecule is CNCC1CCCN(C(=O)c2ccc(C)c(S(N)(=O)=O)c2)C1.Cl. The van der Waals surface area contributed by atoms with E-state index in [1.807, 2.05) is 7.05 Å². The second-order valence-corrected chi connectivity index (χ2v) is 7.37. The highest BCUT2D eigenvalue weighted by molar-refractivity contribution is 7.89. The number of hydrogen-bond donors (Lipinski definition) is 2. The molecule has 0 spiro atoms. The molecule has 23 heavy (non-hydrogen) atoms. The van der Waals surface area contributed by atoms with E-state index in [9.17, 15) is 13.2 Å². The second kappa shape index (κ2) is 8.10. The average molecular weight is 362 g/mol. The zero-order chi connectivity index (χ0) is 16.3. The van der Waals surface area contributed by atoms with Crippen LogP contribution >= 0.6 is 12.4 Å². The third kappa shape index (κ3) is 4.91. The van der Waals surface area contributed by atoms with E-state index in [1.165, 1.54) is 6.07 Å². The van der Waals surface area contributed by atoms with E-state index < -0.39 is 10.0 Å². The largest absolute Gasteiger partial charge is 0.338 e. The smallest absolute Gasteiger partial charge is 0.253 e. The fourth-order valence-corrected chi connectivity index (χ4v) is 3.74. The number of halogens is 1. The molecule has 3 N–H and O–H groups in total. The summed E-state index contributed by atoms with van der Waals surface area (Å²) in [7, 11) is -1.92. The van der Waals surface area contributed by atoms with E-state index in [4.69, 9.17) is 5.14 Å². The molecule has 1 amide bonds. The Hall–Kier alpha value is -1.15. The van der Waals surface area contributed by atoms with Crippen LogP contribution in [0.2, 0.25) is 0 Å². The summed E-state index contributed by atoms with van der Waals surface area (Å²) >= 11 is 0. The van der Waals surface area contributed by atoms with Gasteiger partial charge < -0.3 is 10.2 Å². The van der Waals surface area contributed by atoms with Crippen LogP contribution in [0.15, 0.2) is 23.1 Å². The van der Waals surface area contributed by atoms with Gasteiger partial charge in [0, 0.05) is 18.7 Å². The number of nitrogens with one attached hydrogen (secondary N) is 1. The first-order chi connectivity index (χ1) is 10.3. The van der Waals surface area contributed by atoms with Gasteiger partial charge in [-0.2, -0.15) is 0 Å². The maximum absolute atomic E-state index is 12.6. The van der Waals surface area contributed by atoms with E-state index >= 15 is 0 Å². The molecule has 0 aliphatic carbocycles. The number of sulfonamides is 1. The summed E-state index contributed by atoms with van der Waals surface area (Å²) in [5, 5.41) is 8.35. The molecule has 1 unspecified atom stereocenters. The van der Waals surface area contributed by atoms with Gasteiger partial charge in [0.1, 0.15) is 0 Å². The molecule has 0 radical (unpaired) electrons. The van der Waals surface area contributed by atoms with Crippen LogP contribution in [0.1, 0.15) is 28.8 Å². The molecule has 1 saturated heterocycles. The van der Waals surface area contributed by atoms with Crippen molar-refractivity contribution < 1.29 is 13.2 Å². The minimum atomic E-state index is -3.82. The van der Waals surface area contributed by atoms with Crippen molar-refractivity contribution in [3.8, 4) is 0 Å². The second-order valence-electron chi connectivity index (χ2n) is 5.84. The summed E-state index contributed by atoms with van der Waals surface area (Å²) in [6.45, 7) is 3.94. The highest BCUT2D eigenvalue weighted by Gasteiger charge is 2.25. The monoisotopic (exact) mass is 361 g/mol. The topological polar surface area (TPSA) is 92.5 Å². The number of carbonyl (C=O) groups excluding carboxylic acids is 1. The van der Waals surface area contributed by atoms with Crippen molar-refractivity contribution in [2.75, 3.05) is 26.7 Å². The minimum Gasteiger partial charge on any atom is -0.338 e. The zero-order valence-electron chi connectivity index (χ0n) is 13.4. The summed E-state index contributed by atoms with van der Waals surface area (Å²) in [4.78, 5) is 14.4. The van der Waals surface area contributed by atoms with Gasteiger partial charge in [-0.05, 0) is 57.0 Å². The molecular formula is C15H24ClN3O3S. The Morgan fingerprint density at radius 3 is 2.74 bits per heavy atom. The van der Waals surface area contributed by atoms with Gasteiger partial charge in [-0.3, -0.25) is 4.79 Å². The number of carbonyl (C=O) groups is 1. The third-order valence-corrected chi connectivity index (χ3v) is 5.09. The Labute approximate surface area is 143 Å². The standard InChI is InChI=1S/C15H23N3O3S.ClH/c1-11-5-6-13(8-14(11)22(16,20)21)15(19)18-7-3-4-12(10-18)9-17-2;/h5-6,8,12,17H,3-4,7,9-10H2,1-2H3,(H2,16,20,21);1H. The quantitative estimate of drug-likeness (QED) is 0.841. The number of benzene rings is 1. The molecule has 1 aromatic rings. The van der Waals surface area contributed by atoms with Crippen molar-refractivity contribution in [3.05, 3.63) is 29.3 Å². The first-order valence-electron chi connectivity index (χ1n) is 7.40. The molecule has 1 aliphatic rings. The van der Waals surface area contributed by atoms with E-state index in [2.05, 4.69) is 5.32 Å². The molecule has 0 bridgehead atoms. The van der Waals surface area contributed by atoms with Crippen molar-refractivity contribution >= 4 is 28.3 Å². The predicted molar refractivity (Wildman–Crippen MR) is 92.4 cm³/mol. The van der Waals surface area contributed by atoms with E-state index in [0.29, 0.717) is 30.1 Å². The number of aryl methyl sites for hydroxylation is 1. The first-order valence-corrected chi connectivity index (χ1v) is 8.95. The Kier molecular flexibility index (Phi) is 7.01. The fourth-order valence-electron chi connectivity index (χ4n) is 2.93. The Morgan fingerprint density at radius 2 is 2.13 bits per heavy atom. The molecule has 0 aromatic heterocycles. The number of piperidine rings is 1. The molecule has 8 heteroatoms. The van der Waals surface area contributed by atoms with E-state index in [0.717, 1.165) is 19.4 Å². The van der Waals surface area contributed by atoms with Gasteiger partial charge in [0.15, 0.2) is 0 Å². The summed E-state index contributed by atoms with van der Waals surface area (Å²) in [5.41, 5.74) is 0.922. The van der Waals surface area contributed by atoms with E-state index in [-0.39, 0.29) is 23.2 Å². The summed E-state index contributed by atoms with van der Waals surface area (Å²) in [5.74, 6) is 0.302. The summed E-state index contributed by atoms with van der Waals surface area (Å²) in [6, 6.07) is 4.67. The zero-order valence-corrected chi connectivity index (χ0v) is 15.0. The predicted octanol–water partition coefficient (Wildman–Crippen LogP) is 1.14. The van der Waals surface area contributed by atoms with Gasteiger partial charge in [-0.1, -0.05) is 6.07 Å². The number of likely N-dealkylation sites (tertiary alicyclic amines) is 1. The van der Waals surface area contributed by atoms with Crippen molar-refractivity contribution in [3.63, 3.8) is 0 Å². The molecule has 130 valence electrons. The highest BCUT2D eigenvalue weighted by atomic mass is 35.5. The lowest BCUT2D eigenvalue weighted by atomic mass is 9.97. The first kappa shape index (κ1) is 19.9. The Bertz CT molecular complexity index is 662. The molecule has 0 saturated carbocycles. The number of amides is 1. The average Bonchev–Trinajstić information content (AvgIpc) is 2.46. The maximum atomic E-state index is 12.6. The van der Waals surface area contributed by atoms with Gasteiger partial charge in [-0.15, -0.1) is 12.4 Å². The van der Waals surface area contributed by atoms with Crippen LogP contribution < -0.4 is 10.5 Å². The Morgan fingerprint density at radius 1 is 1.43 bits per heavy atom. The third-order valence-electron chi connectivity index (χ3n) is 4.04. The molecule has 1 fully saturated rings. The van der Waals surface area contributed by atoms with Crippen LogP contribution in [0.3, 0.4) is 0 Å². The van der Waals surface area contributed by atoms with Crippen LogP contribution in [-0.4, -0.2) is 45.9 Å². The van der Waals surface area contributed by atoms with Crippen LogP contribution in [0.5, 0.6) is 0 Å².